The van der Waals surface area contributed by atoms with Crippen LogP contribution in [0.3, 0.4) is 0 Å². The average molecular weight is 229 g/mol. The number of imidazole rings is 1. The Bertz CT molecular complexity index is 547. The fourth-order valence-electron chi connectivity index (χ4n) is 2.30. The number of aliphatic hydroxyl groups excluding tert-OH is 1. The lowest BCUT2D eigenvalue weighted by Gasteiger charge is -2.18. The lowest BCUT2D eigenvalue weighted by atomic mass is 10.1. The second-order valence-electron chi connectivity index (χ2n) is 4.46. The highest BCUT2D eigenvalue weighted by atomic mass is 16.3. The first kappa shape index (κ1) is 10.4. The highest BCUT2D eigenvalue weighted by molar-refractivity contribution is 5.63. The van der Waals surface area contributed by atoms with Crippen LogP contribution in [-0.2, 0) is 6.54 Å². The van der Waals surface area contributed by atoms with Crippen LogP contribution in [0.5, 0.6) is 0 Å². The molecule has 0 spiro atoms. The van der Waals surface area contributed by atoms with E-state index in [2.05, 4.69) is 4.98 Å². The number of aromatic nitrogens is 2. The van der Waals surface area contributed by atoms with Gasteiger partial charge in [-0.15, -0.1) is 0 Å². The van der Waals surface area contributed by atoms with Gasteiger partial charge in [-0.1, -0.05) is 12.1 Å². The van der Waals surface area contributed by atoms with Crippen LogP contribution in [0.4, 0.5) is 5.69 Å². The van der Waals surface area contributed by atoms with Crippen molar-refractivity contribution in [2.45, 2.75) is 25.5 Å². The zero-order valence-corrected chi connectivity index (χ0v) is 9.50. The SMILES string of the molecule is Nc1cccc(-c2cn3c(n2)[C@H](O)CCC3)c1. The Balaban J connectivity index is 2.05. The molecule has 0 saturated heterocycles. The van der Waals surface area contributed by atoms with Gasteiger partial charge in [0.2, 0.25) is 0 Å². The molecule has 0 fully saturated rings. The number of aryl methyl sites for hydroxylation is 1. The maximum Gasteiger partial charge on any atom is 0.138 e. The third kappa shape index (κ3) is 1.80. The van der Waals surface area contributed by atoms with E-state index < -0.39 is 6.10 Å². The topological polar surface area (TPSA) is 64.1 Å². The molecule has 1 aliphatic rings. The first-order valence-corrected chi connectivity index (χ1v) is 5.85. The van der Waals surface area contributed by atoms with Crippen molar-refractivity contribution in [1.82, 2.24) is 9.55 Å². The molecule has 1 aromatic heterocycles. The summed E-state index contributed by atoms with van der Waals surface area (Å²) in [6.45, 7) is 0.932. The number of fused-ring (bicyclic) bond motifs is 1. The maximum atomic E-state index is 9.87. The van der Waals surface area contributed by atoms with Crippen molar-refractivity contribution in [2.24, 2.45) is 0 Å². The number of hydrogen-bond donors (Lipinski definition) is 2. The van der Waals surface area contributed by atoms with Crippen LogP contribution < -0.4 is 5.73 Å². The van der Waals surface area contributed by atoms with Crippen LogP contribution in [0.2, 0.25) is 0 Å². The van der Waals surface area contributed by atoms with Crippen LogP contribution in [0.1, 0.15) is 24.8 Å². The van der Waals surface area contributed by atoms with Gasteiger partial charge in [0.1, 0.15) is 11.9 Å². The van der Waals surface area contributed by atoms with Gasteiger partial charge in [0, 0.05) is 24.0 Å². The Hall–Kier alpha value is -1.81. The minimum atomic E-state index is -0.432. The lowest BCUT2D eigenvalue weighted by molar-refractivity contribution is 0.134. The standard InChI is InChI=1S/C13H15N3O/c14-10-4-1-3-9(7-10)11-8-16-6-2-5-12(17)13(16)15-11/h1,3-4,7-8,12,17H,2,5-6,14H2/t12-/m1/s1. The Morgan fingerprint density at radius 3 is 3.06 bits per heavy atom. The maximum absolute atomic E-state index is 9.87. The van der Waals surface area contributed by atoms with E-state index in [1.54, 1.807) is 0 Å². The van der Waals surface area contributed by atoms with Gasteiger partial charge in [0.15, 0.2) is 0 Å². The summed E-state index contributed by atoms with van der Waals surface area (Å²) in [4.78, 5) is 4.50. The van der Waals surface area contributed by atoms with Crippen molar-refractivity contribution in [3.63, 3.8) is 0 Å². The van der Waals surface area contributed by atoms with Gasteiger partial charge in [-0.25, -0.2) is 4.98 Å². The van der Waals surface area contributed by atoms with Gasteiger partial charge < -0.3 is 15.4 Å². The molecule has 88 valence electrons. The van der Waals surface area contributed by atoms with Crippen molar-refractivity contribution in [2.75, 3.05) is 5.73 Å². The van der Waals surface area contributed by atoms with Gasteiger partial charge in [-0.3, -0.25) is 0 Å². The predicted molar refractivity (Wildman–Crippen MR) is 66.3 cm³/mol. The first-order chi connectivity index (χ1) is 8.24. The van der Waals surface area contributed by atoms with Crippen molar-refractivity contribution < 1.29 is 5.11 Å². The molecule has 1 atom stereocenters. The molecule has 3 N–H and O–H groups in total. The molecular formula is C13H15N3O. The zero-order chi connectivity index (χ0) is 11.8. The van der Waals surface area contributed by atoms with E-state index in [1.165, 1.54) is 0 Å². The molecule has 2 heterocycles. The predicted octanol–water partition coefficient (Wildman–Crippen LogP) is 1.96. The summed E-state index contributed by atoms with van der Waals surface area (Å²) in [5.74, 6) is 0.772. The molecule has 3 rings (SSSR count). The number of rotatable bonds is 1. The molecular weight excluding hydrogens is 214 g/mol. The molecule has 0 saturated carbocycles. The average Bonchev–Trinajstić information content (AvgIpc) is 2.74. The number of nitrogens with zero attached hydrogens (tertiary/aromatic N) is 2. The monoisotopic (exact) mass is 229 g/mol. The molecule has 0 radical (unpaired) electrons. The number of benzene rings is 1. The summed E-state index contributed by atoms with van der Waals surface area (Å²) in [6, 6.07) is 7.66. The summed E-state index contributed by atoms with van der Waals surface area (Å²) < 4.78 is 2.03. The molecule has 0 bridgehead atoms. The molecule has 1 aliphatic heterocycles. The molecule has 1 aromatic carbocycles. The van der Waals surface area contributed by atoms with Gasteiger partial charge in [0.05, 0.1) is 5.69 Å². The van der Waals surface area contributed by atoms with Gasteiger partial charge >= 0.3 is 0 Å². The van der Waals surface area contributed by atoms with E-state index in [1.807, 2.05) is 35.0 Å². The van der Waals surface area contributed by atoms with Gasteiger partial charge in [-0.2, -0.15) is 0 Å². The fraction of sp³-hybridized carbons (Fsp3) is 0.308. The summed E-state index contributed by atoms with van der Waals surface area (Å²) >= 11 is 0. The van der Waals surface area contributed by atoms with E-state index in [4.69, 9.17) is 5.73 Å². The Morgan fingerprint density at radius 2 is 2.29 bits per heavy atom. The Labute approximate surface area is 99.7 Å². The van der Waals surface area contributed by atoms with Gasteiger partial charge in [-0.05, 0) is 25.0 Å². The smallest absolute Gasteiger partial charge is 0.138 e. The largest absolute Gasteiger partial charge is 0.399 e. The number of nitrogens with two attached hydrogens (primary N) is 1. The highest BCUT2D eigenvalue weighted by Crippen LogP contribution is 2.28. The van der Waals surface area contributed by atoms with Crippen molar-refractivity contribution in [3.8, 4) is 11.3 Å². The van der Waals surface area contributed by atoms with E-state index in [-0.39, 0.29) is 0 Å². The third-order valence-electron chi connectivity index (χ3n) is 3.16. The van der Waals surface area contributed by atoms with Crippen molar-refractivity contribution in [1.29, 1.82) is 0 Å². The second kappa shape index (κ2) is 3.89. The van der Waals surface area contributed by atoms with E-state index in [0.717, 1.165) is 42.2 Å². The molecule has 2 aromatic rings. The molecule has 0 amide bonds. The summed E-state index contributed by atoms with van der Waals surface area (Å²) in [7, 11) is 0. The van der Waals surface area contributed by atoms with Crippen molar-refractivity contribution in [3.05, 3.63) is 36.3 Å². The van der Waals surface area contributed by atoms with Crippen LogP contribution in [0.25, 0.3) is 11.3 Å². The fourth-order valence-corrected chi connectivity index (χ4v) is 2.30. The van der Waals surface area contributed by atoms with Gasteiger partial charge in [0.25, 0.3) is 0 Å². The van der Waals surface area contributed by atoms with E-state index in [9.17, 15) is 5.11 Å². The molecule has 0 unspecified atom stereocenters. The Morgan fingerprint density at radius 1 is 1.41 bits per heavy atom. The molecule has 0 aliphatic carbocycles. The second-order valence-corrected chi connectivity index (χ2v) is 4.46. The van der Waals surface area contributed by atoms with E-state index in [0.29, 0.717) is 0 Å². The minimum absolute atomic E-state index is 0.432. The van der Waals surface area contributed by atoms with Crippen LogP contribution in [0, 0.1) is 0 Å². The molecule has 17 heavy (non-hydrogen) atoms. The number of anilines is 1. The number of nitrogen functional groups attached to an aromatic ring is 1. The minimum Gasteiger partial charge on any atom is -0.399 e. The summed E-state index contributed by atoms with van der Waals surface area (Å²) in [6.07, 6.45) is 3.36. The van der Waals surface area contributed by atoms with E-state index >= 15 is 0 Å². The summed E-state index contributed by atoms with van der Waals surface area (Å²) in [5, 5.41) is 9.87. The lowest BCUT2D eigenvalue weighted by Crippen LogP contribution is -2.14. The molecule has 4 heteroatoms. The zero-order valence-electron chi connectivity index (χ0n) is 9.50. The Kier molecular flexibility index (Phi) is 2.37. The highest BCUT2D eigenvalue weighted by Gasteiger charge is 2.20. The van der Waals surface area contributed by atoms with Crippen LogP contribution in [-0.4, -0.2) is 14.7 Å². The normalized spacial score (nSPS) is 19.0. The third-order valence-corrected chi connectivity index (χ3v) is 3.16. The first-order valence-electron chi connectivity index (χ1n) is 5.85. The number of aliphatic hydroxyl groups is 1. The van der Waals surface area contributed by atoms with Crippen LogP contribution in [0.15, 0.2) is 30.5 Å². The molecule has 4 nitrogen and oxygen atoms in total. The van der Waals surface area contributed by atoms with Crippen molar-refractivity contribution >= 4 is 5.69 Å². The quantitative estimate of drug-likeness (QED) is 0.735. The number of hydrogen-bond acceptors (Lipinski definition) is 3. The summed E-state index contributed by atoms with van der Waals surface area (Å²) in [5.41, 5.74) is 8.37. The van der Waals surface area contributed by atoms with Crippen LogP contribution >= 0.6 is 0 Å².